The van der Waals surface area contributed by atoms with Crippen molar-refractivity contribution in [3.8, 4) is 0 Å². The summed E-state index contributed by atoms with van der Waals surface area (Å²) in [6.45, 7) is 9.48. The highest BCUT2D eigenvalue weighted by atomic mass is 15.2. The predicted molar refractivity (Wildman–Crippen MR) is 61.6 cm³/mol. The Bertz CT molecular complexity index is 170. The first kappa shape index (κ1) is 11.7. The van der Waals surface area contributed by atoms with Gasteiger partial charge in [-0.3, -0.25) is 4.90 Å². The third-order valence-corrected chi connectivity index (χ3v) is 2.83. The fourth-order valence-corrected chi connectivity index (χ4v) is 2.13. The van der Waals surface area contributed by atoms with Gasteiger partial charge in [-0.2, -0.15) is 0 Å². The van der Waals surface area contributed by atoms with Crippen LogP contribution in [0, 0.1) is 0 Å². The SMILES string of the molecule is C=CCN1CCCN(C)CC1CNC. The molecule has 1 rings (SSSR count). The van der Waals surface area contributed by atoms with Gasteiger partial charge >= 0.3 is 0 Å². The normalized spacial score (nSPS) is 26.0. The van der Waals surface area contributed by atoms with Crippen molar-refractivity contribution in [2.45, 2.75) is 12.5 Å². The van der Waals surface area contributed by atoms with Crippen LogP contribution >= 0.6 is 0 Å². The van der Waals surface area contributed by atoms with E-state index in [1.54, 1.807) is 0 Å². The fraction of sp³-hybridized carbons (Fsp3) is 0.818. The molecule has 1 unspecified atom stereocenters. The highest BCUT2D eigenvalue weighted by Gasteiger charge is 2.21. The van der Waals surface area contributed by atoms with Gasteiger partial charge in [-0.1, -0.05) is 6.08 Å². The minimum absolute atomic E-state index is 0.630. The molecule has 1 aliphatic rings. The molecule has 1 fully saturated rings. The fourth-order valence-electron chi connectivity index (χ4n) is 2.13. The lowest BCUT2D eigenvalue weighted by Gasteiger charge is -2.29. The van der Waals surface area contributed by atoms with Crippen molar-refractivity contribution in [3.63, 3.8) is 0 Å². The Hall–Kier alpha value is -0.380. The number of nitrogens with zero attached hydrogens (tertiary/aromatic N) is 2. The van der Waals surface area contributed by atoms with E-state index in [1.165, 1.54) is 19.5 Å². The standard InChI is InChI=1S/C11H23N3/c1-4-6-14-8-5-7-13(3)10-11(14)9-12-2/h4,11-12H,1,5-10H2,2-3H3. The van der Waals surface area contributed by atoms with Crippen LogP contribution in [0.1, 0.15) is 6.42 Å². The zero-order chi connectivity index (χ0) is 10.4. The third kappa shape index (κ3) is 3.40. The largest absolute Gasteiger partial charge is 0.318 e. The molecule has 3 nitrogen and oxygen atoms in total. The number of rotatable bonds is 4. The molecule has 1 atom stereocenters. The van der Waals surface area contributed by atoms with Crippen LogP contribution in [0.4, 0.5) is 0 Å². The Labute approximate surface area is 87.8 Å². The van der Waals surface area contributed by atoms with E-state index < -0.39 is 0 Å². The van der Waals surface area contributed by atoms with Gasteiger partial charge in [0, 0.05) is 32.2 Å². The van der Waals surface area contributed by atoms with E-state index in [-0.39, 0.29) is 0 Å². The van der Waals surface area contributed by atoms with Gasteiger partial charge in [0.1, 0.15) is 0 Å². The highest BCUT2D eigenvalue weighted by molar-refractivity contribution is 4.84. The molecule has 0 amide bonds. The third-order valence-electron chi connectivity index (χ3n) is 2.83. The Kier molecular flexibility index (Phi) is 5.15. The van der Waals surface area contributed by atoms with E-state index in [9.17, 15) is 0 Å². The molecule has 0 aliphatic carbocycles. The minimum atomic E-state index is 0.630. The Morgan fingerprint density at radius 1 is 1.50 bits per heavy atom. The molecule has 0 saturated carbocycles. The van der Waals surface area contributed by atoms with Crippen LogP contribution in [-0.4, -0.2) is 62.7 Å². The van der Waals surface area contributed by atoms with Crippen LogP contribution in [0.25, 0.3) is 0 Å². The lowest BCUT2D eigenvalue weighted by Crippen LogP contribution is -2.45. The van der Waals surface area contributed by atoms with Gasteiger partial charge in [0.2, 0.25) is 0 Å². The van der Waals surface area contributed by atoms with Gasteiger partial charge in [-0.25, -0.2) is 0 Å². The summed E-state index contributed by atoms with van der Waals surface area (Å²) in [7, 11) is 4.23. The molecule has 1 N–H and O–H groups in total. The quantitative estimate of drug-likeness (QED) is 0.658. The van der Waals surface area contributed by atoms with Crippen molar-refractivity contribution in [3.05, 3.63) is 12.7 Å². The van der Waals surface area contributed by atoms with Gasteiger partial charge in [0.25, 0.3) is 0 Å². The summed E-state index contributed by atoms with van der Waals surface area (Å²) in [6, 6.07) is 0.630. The van der Waals surface area contributed by atoms with E-state index in [0.717, 1.165) is 19.6 Å². The highest BCUT2D eigenvalue weighted by Crippen LogP contribution is 2.07. The first-order chi connectivity index (χ1) is 6.77. The summed E-state index contributed by atoms with van der Waals surface area (Å²) < 4.78 is 0. The summed E-state index contributed by atoms with van der Waals surface area (Å²) in [6.07, 6.45) is 3.28. The summed E-state index contributed by atoms with van der Waals surface area (Å²) in [5.41, 5.74) is 0. The van der Waals surface area contributed by atoms with Crippen LogP contribution in [0.15, 0.2) is 12.7 Å². The van der Waals surface area contributed by atoms with Crippen LogP contribution in [-0.2, 0) is 0 Å². The molecule has 14 heavy (non-hydrogen) atoms. The van der Waals surface area contributed by atoms with Crippen molar-refractivity contribution >= 4 is 0 Å². The molecule has 0 spiro atoms. The minimum Gasteiger partial charge on any atom is -0.318 e. The first-order valence-corrected chi connectivity index (χ1v) is 5.46. The maximum Gasteiger partial charge on any atom is 0.0350 e. The monoisotopic (exact) mass is 197 g/mol. The average Bonchev–Trinajstić information content (AvgIpc) is 2.31. The van der Waals surface area contributed by atoms with E-state index in [2.05, 4.69) is 28.7 Å². The lowest BCUT2D eigenvalue weighted by atomic mass is 10.2. The lowest BCUT2D eigenvalue weighted by molar-refractivity contribution is 0.204. The summed E-state index contributed by atoms with van der Waals surface area (Å²) in [4.78, 5) is 4.94. The van der Waals surface area contributed by atoms with Crippen molar-refractivity contribution in [1.82, 2.24) is 15.1 Å². The van der Waals surface area contributed by atoms with E-state index in [0.29, 0.717) is 6.04 Å². The smallest absolute Gasteiger partial charge is 0.0350 e. The van der Waals surface area contributed by atoms with E-state index in [4.69, 9.17) is 0 Å². The Morgan fingerprint density at radius 2 is 2.29 bits per heavy atom. The second kappa shape index (κ2) is 6.17. The predicted octanol–water partition coefficient (Wildman–Crippen LogP) is 0.398. The molecule has 1 heterocycles. The Balaban J connectivity index is 2.53. The van der Waals surface area contributed by atoms with Gasteiger partial charge in [-0.15, -0.1) is 6.58 Å². The molecule has 3 heteroatoms. The van der Waals surface area contributed by atoms with Crippen molar-refractivity contribution < 1.29 is 0 Å². The van der Waals surface area contributed by atoms with Gasteiger partial charge in [-0.05, 0) is 27.1 Å². The zero-order valence-electron chi connectivity index (χ0n) is 9.50. The molecular formula is C11H23N3. The molecule has 0 aromatic rings. The maximum atomic E-state index is 3.82. The molecule has 1 saturated heterocycles. The van der Waals surface area contributed by atoms with Crippen molar-refractivity contribution in [1.29, 1.82) is 0 Å². The van der Waals surface area contributed by atoms with E-state index >= 15 is 0 Å². The molecule has 82 valence electrons. The second-order valence-electron chi connectivity index (χ2n) is 4.11. The summed E-state index contributed by atoms with van der Waals surface area (Å²) in [5.74, 6) is 0. The topological polar surface area (TPSA) is 18.5 Å². The molecular weight excluding hydrogens is 174 g/mol. The maximum absolute atomic E-state index is 3.82. The van der Waals surface area contributed by atoms with Gasteiger partial charge < -0.3 is 10.2 Å². The zero-order valence-corrected chi connectivity index (χ0v) is 9.50. The van der Waals surface area contributed by atoms with Crippen molar-refractivity contribution in [2.75, 3.05) is 46.8 Å². The molecule has 0 aromatic heterocycles. The average molecular weight is 197 g/mol. The molecule has 1 aliphatic heterocycles. The number of nitrogens with one attached hydrogen (secondary N) is 1. The second-order valence-corrected chi connectivity index (χ2v) is 4.11. The molecule has 0 aromatic carbocycles. The molecule has 0 bridgehead atoms. The van der Waals surface area contributed by atoms with Gasteiger partial charge in [0.05, 0.1) is 0 Å². The summed E-state index contributed by atoms with van der Waals surface area (Å²) >= 11 is 0. The number of hydrogen-bond donors (Lipinski definition) is 1. The van der Waals surface area contributed by atoms with Crippen LogP contribution in [0.2, 0.25) is 0 Å². The summed E-state index contributed by atoms with van der Waals surface area (Å²) in [5, 5.41) is 3.27. The molecule has 0 radical (unpaired) electrons. The van der Waals surface area contributed by atoms with Crippen LogP contribution in [0.3, 0.4) is 0 Å². The number of likely N-dealkylation sites (N-methyl/N-ethyl adjacent to an activating group) is 2. The number of hydrogen-bond acceptors (Lipinski definition) is 3. The van der Waals surface area contributed by atoms with E-state index in [1.807, 2.05) is 13.1 Å². The van der Waals surface area contributed by atoms with Crippen LogP contribution in [0.5, 0.6) is 0 Å². The van der Waals surface area contributed by atoms with Crippen molar-refractivity contribution in [2.24, 2.45) is 0 Å². The Morgan fingerprint density at radius 3 is 2.93 bits per heavy atom. The van der Waals surface area contributed by atoms with Gasteiger partial charge in [0.15, 0.2) is 0 Å². The van der Waals surface area contributed by atoms with Crippen LogP contribution < -0.4 is 5.32 Å². The first-order valence-electron chi connectivity index (χ1n) is 5.46.